The number of hydrogen-bond donors (Lipinski definition) is 0. The van der Waals surface area contributed by atoms with Gasteiger partial charge in [0.25, 0.3) is 0 Å². The predicted molar refractivity (Wildman–Crippen MR) is 74.6 cm³/mol. The zero-order valence-electron chi connectivity index (χ0n) is 12.2. The molecule has 1 aliphatic rings. The van der Waals surface area contributed by atoms with E-state index in [4.69, 9.17) is 30.5 Å². The van der Waals surface area contributed by atoms with Crippen LogP contribution in [0.3, 0.4) is 0 Å². The van der Waals surface area contributed by atoms with Gasteiger partial charge in [-0.3, -0.25) is 4.79 Å². The van der Waals surface area contributed by atoms with Crippen LogP contribution < -0.4 is 0 Å². The first-order valence-electron chi connectivity index (χ1n) is 7.01. The standard InChI is InChI=1S/C13H24ClNO5/c1-3-17-12(18-4-2)9-15(11(16)8-14)10-13-19-6-5-7-20-13/h12-13H,3-10H2,1-2H3. The van der Waals surface area contributed by atoms with Crippen LogP contribution in [0.1, 0.15) is 20.3 Å². The van der Waals surface area contributed by atoms with Gasteiger partial charge < -0.3 is 23.8 Å². The van der Waals surface area contributed by atoms with Gasteiger partial charge >= 0.3 is 0 Å². The molecule has 1 aliphatic heterocycles. The number of nitrogens with zero attached hydrogens (tertiary/aromatic N) is 1. The molecule has 0 aliphatic carbocycles. The molecule has 0 aromatic heterocycles. The number of alkyl halides is 1. The molecule has 0 saturated carbocycles. The molecule has 6 nitrogen and oxygen atoms in total. The van der Waals surface area contributed by atoms with Crippen molar-refractivity contribution >= 4 is 17.5 Å². The van der Waals surface area contributed by atoms with Crippen LogP contribution in [-0.4, -0.2) is 68.8 Å². The predicted octanol–water partition coefficient (Wildman–Crippen LogP) is 1.22. The van der Waals surface area contributed by atoms with Gasteiger partial charge in [0.2, 0.25) is 5.91 Å². The molecule has 20 heavy (non-hydrogen) atoms. The Balaban J connectivity index is 2.54. The Morgan fingerprint density at radius 1 is 1.30 bits per heavy atom. The smallest absolute Gasteiger partial charge is 0.237 e. The lowest BCUT2D eigenvalue weighted by Gasteiger charge is -2.31. The van der Waals surface area contributed by atoms with Crippen LogP contribution in [0.5, 0.6) is 0 Å². The van der Waals surface area contributed by atoms with Crippen molar-refractivity contribution in [2.75, 3.05) is 45.4 Å². The second kappa shape index (κ2) is 10.3. The lowest BCUT2D eigenvalue weighted by Crippen LogP contribution is -2.46. The van der Waals surface area contributed by atoms with Crippen molar-refractivity contribution in [1.82, 2.24) is 4.90 Å². The quantitative estimate of drug-likeness (QED) is 0.473. The van der Waals surface area contributed by atoms with E-state index in [2.05, 4.69) is 0 Å². The molecular weight excluding hydrogens is 286 g/mol. The molecule has 1 rings (SSSR count). The number of halogens is 1. The summed E-state index contributed by atoms with van der Waals surface area (Å²) < 4.78 is 21.8. The van der Waals surface area contributed by atoms with Crippen LogP contribution in [0.25, 0.3) is 0 Å². The molecule has 0 atom stereocenters. The molecule has 118 valence electrons. The van der Waals surface area contributed by atoms with Crippen LogP contribution in [0.4, 0.5) is 0 Å². The van der Waals surface area contributed by atoms with Crippen LogP contribution in [0.15, 0.2) is 0 Å². The maximum absolute atomic E-state index is 11.9. The van der Waals surface area contributed by atoms with Crippen molar-refractivity contribution in [2.45, 2.75) is 32.8 Å². The van der Waals surface area contributed by atoms with Crippen molar-refractivity contribution in [3.05, 3.63) is 0 Å². The van der Waals surface area contributed by atoms with Gasteiger partial charge in [-0.2, -0.15) is 0 Å². The maximum atomic E-state index is 11.9. The minimum atomic E-state index is -0.458. The van der Waals surface area contributed by atoms with E-state index in [1.54, 1.807) is 4.90 Å². The van der Waals surface area contributed by atoms with Gasteiger partial charge in [0.1, 0.15) is 5.88 Å². The monoisotopic (exact) mass is 309 g/mol. The van der Waals surface area contributed by atoms with E-state index in [1.807, 2.05) is 13.8 Å². The summed E-state index contributed by atoms with van der Waals surface area (Å²) in [4.78, 5) is 13.5. The normalized spacial score (nSPS) is 16.6. The van der Waals surface area contributed by atoms with Gasteiger partial charge in [-0.15, -0.1) is 11.6 Å². The molecule has 1 amide bonds. The van der Waals surface area contributed by atoms with Crippen LogP contribution >= 0.6 is 11.6 Å². The third-order valence-corrected chi connectivity index (χ3v) is 3.04. The minimum Gasteiger partial charge on any atom is -0.351 e. The van der Waals surface area contributed by atoms with Crippen molar-refractivity contribution in [2.24, 2.45) is 0 Å². The maximum Gasteiger partial charge on any atom is 0.237 e. The van der Waals surface area contributed by atoms with E-state index in [9.17, 15) is 4.79 Å². The lowest BCUT2D eigenvalue weighted by atomic mass is 10.4. The van der Waals surface area contributed by atoms with E-state index < -0.39 is 12.6 Å². The summed E-state index contributed by atoms with van der Waals surface area (Å²) >= 11 is 5.65. The molecule has 7 heteroatoms. The largest absolute Gasteiger partial charge is 0.351 e. The summed E-state index contributed by atoms with van der Waals surface area (Å²) in [6, 6.07) is 0. The topological polar surface area (TPSA) is 57.2 Å². The summed E-state index contributed by atoms with van der Waals surface area (Å²) in [7, 11) is 0. The van der Waals surface area contributed by atoms with Crippen LogP contribution in [0, 0.1) is 0 Å². The van der Waals surface area contributed by atoms with E-state index in [1.165, 1.54) is 0 Å². The fourth-order valence-electron chi connectivity index (χ4n) is 1.89. The van der Waals surface area contributed by atoms with Gasteiger partial charge in [-0.1, -0.05) is 0 Å². The van der Waals surface area contributed by atoms with E-state index in [0.717, 1.165) is 6.42 Å². The van der Waals surface area contributed by atoms with Gasteiger partial charge in [-0.25, -0.2) is 0 Å². The first-order chi connectivity index (χ1) is 9.71. The van der Waals surface area contributed by atoms with Crippen LogP contribution in [-0.2, 0) is 23.7 Å². The zero-order chi connectivity index (χ0) is 14.8. The second-order valence-corrected chi connectivity index (χ2v) is 4.56. The summed E-state index contributed by atoms with van der Waals surface area (Å²) in [6.45, 7) is 6.74. The highest BCUT2D eigenvalue weighted by molar-refractivity contribution is 6.27. The second-order valence-electron chi connectivity index (χ2n) is 4.30. The molecule has 0 N–H and O–H groups in total. The molecule has 0 aromatic carbocycles. The Kier molecular flexibility index (Phi) is 9.13. The SMILES string of the molecule is CCOC(CN(CC1OCCCO1)C(=O)CCl)OCC. The zero-order valence-corrected chi connectivity index (χ0v) is 12.9. The summed E-state index contributed by atoms with van der Waals surface area (Å²) in [6.07, 6.45) is 0.0149. The van der Waals surface area contributed by atoms with Gasteiger partial charge in [0, 0.05) is 13.2 Å². The van der Waals surface area contributed by atoms with Crippen molar-refractivity contribution in [3.8, 4) is 0 Å². The molecule has 0 aromatic rings. The number of carbonyl (C=O) groups excluding carboxylic acids is 1. The average Bonchev–Trinajstić information content (AvgIpc) is 2.47. The van der Waals surface area contributed by atoms with Crippen LogP contribution in [0.2, 0.25) is 0 Å². The molecule has 1 saturated heterocycles. The van der Waals surface area contributed by atoms with E-state index >= 15 is 0 Å². The van der Waals surface area contributed by atoms with Crippen molar-refractivity contribution < 1.29 is 23.7 Å². The van der Waals surface area contributed by atoms with Gasteiger partial charge in [-0.05, 0) is 20.3 Å². The fraction of sp³-hybridized carbons (Fsp3) is 0.923. The Bertz CT molecular complexity index is 267. The Morgan fingerprint density at radius 3 is 2.40 bits per heavy atom. The van der Waals surface area contributed by atoms with Crippen molar-refractivity contribution in [3.63, 3.8) is 0 Å². The summed E-state index contributed by atoms with van der Waals surface area (Å²) in [5, 5.41) is 0. The number of ether oxygens (including phenoxy) is 4. The highest BCUT2D eigenvalue weighted by atomic mass is 35.5. The lowest BCUT2D eigenvalue weighted by molar-refractivity contribution is -0.198. The van der Waals surface area contributed by atoms with Gasteiger partial charge in [0.15, 0.2) is 12.6 Å². The molecule has 0 bridgehead atoms. The number of carbonyl (C=O) groups is 1. The first kappa shape index (κ1) is 17.7. The fourth-order valence-corrected chi connectivity index (χ4v) is 2.06. The number of amides is 1. The summed E-state index contributed by atoms with van der Waals surface area (Å²) in [5.41, 5.74) is 0. The Hall–Kier alpha value is -0.400. The van der Waals surface area contributed by atoms with E-state index in [0.29, 0.717) is 39.5 Å². The first-order valence-corrected chi connectivity index (χ1v) is 7.54. The number of hydrogen-bond acceptors (Lipinski definition) is 5. The minimum absolute atomic E-state index is 0.0856. The molecule has 0 radical (unpaired) electrons. The highest BCUT2D eigenvalue weighted by Gasteiger charge is 2.24. The average molecular weight is 310 g/mol. The Labute approximate surface area is 125 Å². The third-order valence-electron chi connectivity index (χ3n) is 2.81. The van der Waals surface area contributed by atoms with Gasteiger partial charge in [0.05, 0.1) is 26.3 Å². The molecule has 0 unspecified atom stereocenters. The van der Waals surface area contributed by atoms with E-state index in [-0.39, 0.29) is 11.8 Å². The summed E-state index contributed by atoms with van der Waals surface area (Å²) in [5.74, 6) is -0.272. The molecular formula is C13H24ClNO5. The molecule has 0 spiro atoms. The molecule has 1 heterocycles. The highest BCUT2D eigenvalue weighted by Crippen LogP contribution is 2.09. The third kappa shape index (κ3) is 6.37. The Morgan fingerprint density at radius 2 is 1.90 bits per heavy atom. The van der Waals surface area contributed by atoms with Crippen molar-refractivity contribution in [1.29, 1.82) is 0 Å². The molecule has 1 fully saturated rings. The number of rotatable bonds is 9.